The first-order valence-electron chi connectivity index (χ1n) is 12.9. The molecule has 7 heteroatoms. The standard InChI is InChI=1S/C26H38N4O3/c1-19-24(27-20-11-12-20)26(32)30(25(19)31)14-6-13-28-15-17-29(18-16-28)22-9-4-5-10-23(22)33-21-7-2-3-8-21/h4-5,9-10,19-21,24,27H,2-3,6-8,11-18H2,1H3. The number of hydrogen-bond acceptors (Lipinski definition) is 6. The second-order valence-corrected chi connectivity index (χ2v) is 10.2. The van der Waals surface area contributed by atoms with Gasteiger partial charge in [-0.15, -0.1) is 0 Å². The number of likely N-dealkylation sites (tertiary alicyclic amines) is 1. The summed E-state index contributed by atoms with van der Waals surface area (Å²) >= 11 is 0. The highest BCUT2D eigenvalue weighted by molar-refractivity contribution is 6.06. The largest absolute Gasteiger partial charge is 0.488 e. The van der Waals surface area contributed by atoms with Crippen molar-refractivity contribution >= 4 is 17.5 Å². The van der Waals surface area contributed by atoms with Crippen molar-refractivity contribution in [2.75, 3.05) is 44.2 Å². The Morgan fingerprint density at radius 2 is 1.67 bits per heavy atom. The van der Waals surface area contributed by atoms with Gasteiger partial charge in [-0.25, -0.2) is 0 Å². The average molecular weight is 455 g/mol. The Morgan fingerprint density at radius 3 is 2.39 bits per heavy atom. The molecule has 2 saturated carbocycles. The number of nitrogens with zero attached hydrogens (tertiary/aromatic N) is 3. The number of hydrogen-bond donors (Lipinski definition) is 1. The van der Waals surface area contributed by atoms with Gasteiger partial charge in [0, 0.05) is 38.8 Å². The lowest BCUT2D eigenvalue weighted by Crippen LogP contribution is -2.47. The number of rotatable bonds is 9. The van der Waals surface area contributed by atoms with Gasteiger partial charge in [0.25, 0.3) is 0 Å². The van der Waals surface area contributed by atoms with Crippen molar-refractivity contribution in [2.45, 2.75) is 70.1 Å². The summed E-state index contributed by atoms with van der Waals surface area (Å²) in [7, 11) is 0. The fourth-order valence-corrected chi connectivity index (χ4v) is 5.49. The van der Waals surface area contributed by atoms with Crippen LogP contribution in [-0.2, 0) is 9.59 Å². The smallest absolute Gasteiger partial charge is 0.247 e. The van der Waals surface area contributed by atoms with Gasteiger partial charge in [-0.1, -0.05) is 19.1 Å². The molecule has 0 radical (unpaired) electrons. The van der Waals surface area contributed by atoms with Gasteiger partial charge < -0.3 is 15.0 Å². The van der Waals surface area contributed by atoms with E-state index in [9.17, 15) is 9.59 Å². The van der Waals surface area contributed by atoms with Crippen LogP contribution in [0.1, 0.15) is 51.9 Å². The number of carbonyl (C=O) groups excluding carboxylic acids is 2. The number of nitrogens with one attached hydrogen (secondary N) is 1. The first-order valence-corrected chi connectivity index (χ1v) is 12.9. The Bertz CT molecular complexity index is 844. The van der Waals surface area contributed by atoms with E-state index in [1.54, 1.807) is 0 Å². The molecular formula is C26H38N4O3. The summed E-state index contributed by atoms with van der Waals surface area (Å²) < 4.78 is 6.34. The molecular weight excluding hydrogens is 416 g/mol. The fraction of sp³-hybridized carbons (Fsp3) is 0.692. The number of amides is 2. The van der Waals surface area contributed by atoms with Gasteiger partial charge in [0.2, 0.25) is 11.8 Å². The number of ether oxygens (including phenoxy) is 1. The first kappa shape index (κ1) is 22.7. The molecule has 1 aromatic rings. The number of carbonyl (C=O) groups is 2. The molecule has 5 rings (SSSR count). The zero-order valence-electron chi connectivity index (χ0n) is 19.9. The van der Waals surface area contributed by atoms with Crippen LogP contribution in [0.5, 0.6) is 5.75 Å². The lowest BCUT2D eigenvalue weighted by molar-refractivity contribution is -0.139. The van der Waals surface area contributed by atoms with E-state index in [-0.39, 0.29) is 23.8 Å². The summed E-state index contributed by atoms with van der Waals surface area (Å²) in [5.74, 6) is 0.741. The van der Waals surface area contributed by atoms with Crippen LogP contribution in [0.4, 0.5) is 5.69 Å². The third-order valence-corrected chi connectivity index (χ3v) is 7.71. The summed E-state index contributed by atoms with van der Waals surface area (Å²) in [4.78, 5) is 31.7. The maximum absolute atomic E-state index is 12.7. The quantitative estimate of drug-likeness (QED) is 0.579. The van der Waals surface area contributed by atoms with Crippen LogP contribution in [0.15, 0.2) is 24.3 Å². The van der Waals surface area contributed by atoms with Crippen molar-refractivity contribution in [3.63, 3.8) is 0 Å². The summed E-state index contributed by atoms with van der Waals surface area (Å²) in [6.07, 6.45) is 8.32. The maximum atomic E-state index is 12.7. The predicted molar refractivity (Wildman–Crippen MR) is 128 cm³/mol. The van der Waals surface area contributed by atoms with Crippen LogP contribution in [0.2, 0.25) is 0 Å². The monoisotopic (exact) mass is 454 g/mol. The zero-order valence-corrected chi connectivity index (χ0v) is 19.9. The van der Waals surface area contributed by atoms with Gasteiger partial charge in [0.05, 0.1) is 23.8 Å². The van der Waals surface area contributed by atoms with Crippen LogP contribution < -0.4 is 15.0 Å². The second-order valence-electron chi connectivity index (χ2n) is 10.2. The second kappa shape index (κ2) is 10.0. The summed E-state index contributed by atoms with van der Waals surface area (Å²) in [5, 5.41) is 3.36. The van der Waals surface area contributed by atoms with Crippen LogP contribution >= 0.6 is 0 Å². The Hall–Kier alpha value is -2.12. The van der Waals surface area contributed by atoms with E-state index in [0.717, 1.165) is 57.7 Å². The molecule has 4 fully saturated rings. The number of piperazine rings is 1. The average Bonchev–Trinajstić information content (AvgIpc) is 3.47. The van der Waals surface area contributed by atoms with Crippen LogP contribution in [0.3, 0.4) is 0 Å². The Labute approximate surface area is 197 Å². The van der Waals surface area contributed by atoms with Gasteiger partial charge in [-0.3, -0.25) is 19.4 Å². The highest BCUT2D eigenvalue weighted by Gasteiger charge is 2.46. The van der Waals surface area contributed by atoms with Crippen molar-refractivity contribution in [3.8, 4) is 5.75 Å². The van der Waals surface area contributed by atoms with E-state index < -0.39 is 0 Å². The predicted octanol–water partition coefficient (Wildman–Crippen LogP) is 2.65. The van der Waals surface area contributed by atoms with Crippen molar-refractivity contribution in [3.05, 3.63) is 24.3 Å². The molecule has 2 heterocycles. The van der Waals surface area contributed by atoms with Gasteiger partial charge in [-0.05, 0) is 63.6 Å². The van der Waals surface area contributed by atoms with E-state index in [1.807, 2.05) is 6.92 Å². The van der Waals surface area contributed by atoms with E-state index in [2.05, 4.69) is 39.4 Å². The third-order valence-electron chi connectivity index (χ3n) is 7.71. The molecule has 0 aromatic heterocycles. The molecule has 0 bridgehead atoms. The van der Waals surface area contributed by atoms with Gasteiger partial charge in [0.1, 0.15) is 5.75 Å². The van der Waals surface area contributed by atoms with Crippen molar-refractivity contribution in [2.24, 2.45) is 5.92 Å². The lowest BCUT2D eigenvalue weighted by atomic mass is 10.1. The summed E-state index contributed by atoms with van der Waals surface area (Å²) in [6.45, 7) is 7.25. The molecule has 0 spiro atoms. The molecule has 2 amide bonds. The molecule has 7 nitrogen and oxygen atoms in total. The van der Waals surface area contributed by atoms with Crippen LogP contribution in [-0.4, -0.2) is 79.1 Å². The minimum atomic E-state index is -0.319. The zero-order chi connectivity index (χ0) is 22.8. The van der Waals surface area contributed by atoms with Crippen molar-refractivity contribution in [1.82, 2.24) is 15.1 Å². The molecule has 2 aliphatic carbocycles. The number of anilines is 1. The van der Waals surface area contributed by atoms with E-state index in [1.165, 1.54) is 36.3 Å². The lowest BCUT2D eigenvalue weighted by Gasteiger charge is -2.37. The third kappa shape index (κ3) is 5.19. The molecule has 1 aromatic carbocycles. The number of imide groups is 1. The van der Waals surface area contributed by atoms with Gasteiger partial charge in [0.15, 0.2) is 0 Å². The Kier molecular flexibility index (Phi) is 6.88. The van der Waals surface area contributed by atoms with E-state index >= 15 is 0 Å². The highest BCUT2D eigenvalue weighted by atomic mass is 16.5. The molecule has 2 saturated heterocycles. The summed E-state index contributed by atoms with van der Waals surface area (Å²) in [5.41, 5.74) is 1.21. The normalized spacial score (nSPS) is 27.1. The molecule has 2 atom stereocenters. The molecule has 4 aliphatic rings. The van der Waals surface area contributed by atoms with Crippen LogP contribution in [0, 0.1) is 5.92 Å². The topological polar surface area (TPSA) is 65.1 Å². The van der Waals surface area contributed by atoms with Crippen molar-refractivity contribution in [1.29, 1.82) is 0 Å². The van der Waals surface area contributed by atoms with Gasteiger partial charge >= 0.3 is 0 Å². The minimum Gasteiger partial charge on any atom is -0.488 e. The SMILES string of the molecule is CC1C(=O)N(CCCN2CCN(c3ccccc3OC3CCCC3)CC2)C(=O)C1NC1CC1. The first-order chi connectivity index (χ1) is 16.1. The number of benzene rings is 1. The molecule has 1 N–H and O–H groups in total. The molecule has 33 heavy (non-hydrogen) atoms. The molecule has 180 valence electrons. The maximum Gasteiger partial charge on any atom is 0.247 e. The Balaban J connectivity index is 1.08. The van der Waals surface area contributed by atoms with E-state index in [4.69, 9.17) is 4.74 Å². The number of para-hydroxylation sites is 2. The molecule has 2 aliphatic heterocycles. The van der Waals surface area contributed by atoms with Crippen molar-refractivity contribution < 1.29 is 14.3 Å². The fourth-order valence-electron chi connectivity index (χ4n) is 5.49. The minimum absolute atomic E-state index is 0.0122. The highest BCUT2D eigenvalue weighted by Crippen LogP contribution is 2.33. The Morgan fingerprint density at radius 1 is 0.939 bits per heavy atom. The van der Waals surface area contributed by atoms with Gasteiger partial charge in [-0.2, -0.15) is 0 Å². The van der Waals surface area contributed by atoms with E-state index in [0.29, 0.717) is 18.7 Å². The molecule has 2 unspecified atom stereocenters. The summed E-state index contributed by atoms with van der Waals surface area (Å²) in [6, 6.07) is 8.56. The van der Waals surface area contributed by atoms with Crippen LogP contribution in [0.25, 0.3) is 0 Å².